The van der Waals surface area contributed by atoms with Crippen molar-refractivity contribution in [3.05, 3.63) is 0 Å². The summed E-state index contributed by atoms with van der Waals surface area (Å²) in [7, 11) is 0. The van der Waals surface area contributed by atoms with E-state index in [1.165, 1.54) is 71.6 Å². The van der Waals surface area contributed by atoms with Gasteiger partial charge in [-0.05, 0) is 77.5 Å². The molecule has 3 heteroatoms. The fourth-order valence-corrected chi connectivity index (χ4v) is 2.81. The van der Waals surface area contributed by atoms with Crippen LogP contribution in [-0.4, -0.2) is 62.2 Å². The molecule has 0 aromatic rings. The van der Waals surface area contributed by atoms with Crippen molar-refractivity contribution in [1.29, 1.82) is 0 Å². The standard InChI is InChI=1S/C15H33N3/c1-4-17(5-2)11-7-12-18(6-3)13-9-15-8-10-16-14-15/h15-16H,4-14H2,1-3H3. The maximum Gasteiger partial charge on any atom is -0.000666 e. The molecule has 1 heterocycles. The van der Waals surface area contributed by atoms with Gasteiger partial charge in [-0.15, -0.1) is 0 Å². The zero-order chi connectivity index (χ0) is 13.2. The first-order valence-electron chi connectivity index (χ1n) is 7.95. The van der Waals surface area contributed by atoms with Crippen LogP contribution in [-0.2, 0) is 0 Å². The van der Waals surface area contributed by atoms with Crippen LogP contribution in [0.4, 0.5) is 0 Å². The summed E-state index contributed by atoms with van der Waals surface area (Å²) in [4.78, 5) is 5.15. The largest absolute Gasteiger partial charge is 0.316 e. The van der Waals surface area contributed by atoms with Crippen LogP contribution < -0.4 is 5.32 Å². The van der Waals surface area contributed by atoms with Crippen LogP contribution in [0, 0.1) is 5.92 Å². The van der Waals surface area contributed by atoms with Gasteiger partial charge in [0.15, 0.2) is 0 Å². The highest BCUT2D eigenvalue weighted by atomic mass is 15.1. The van der Waals surface area contributed by atoms with Crippen molar-refractivity contribution in [2.45, 2.75) is 40.0 Å². The molecular weight excluding hydrogens is 222 g/mol. The third-order valence-corrected chi connectivity index (χ3v) is 4.31. The van der Waals surface area contributed by atoms with Crippen LogP contribution >= 0.6 is 0 Å². The van der Waals surface area contributed by atoms with Crippen molar-refractivity contribution in [3.63, 3.8) is 0 Å². The molecule has 0 aromatic heterocycles. The summed E-state index contributed by atoms with van der Waals surface area (Å²) in [5.74, 6) is 0.932. The minimum Gasteiger partial charge on any atom is -0.316 e. The number of nitrogens with zero attached hydrogens (tertiary/aromatic N) is 2. The smallest absolute Gasteiger partial charge is 0.000666 e. The first-order chi connectivity index (χ1) is 8.80. The maximum absolute atomic E-state index is 3.46. The Bertz CT molecular complexity index is 186. The molecule has 18 heavy (non-hydrogen) atoms. The van der Waals surface area contributed by atoms with Gasteiger partial charge in [-0.1, -0.05) is 20.8 Å². The molecule has 0 bridgehead atoms. The second kappa shape index (κ2) is 9.76. The third-order valence-electron chi connectivity index (χ3n) is 4.31. The van der Waals surface area contributed by atoms with Gasteiger partial charge < -0.3 is 15.1 Å². The van der Waals surface area contributed by atoms with Crippen LogP contribution in [0.3, 0.4) is 0 Å². The monoisotopic (exact) mass is 255 g/mol. The second-order valence-corrected chi connectivity index (χ2v) is 5.46. The van der Waals surface area contributed by atoms with Crippen molar-refractivity contribution in [2.75, 3.05) is 52.4 Å². The molecule has 0 radical (unpaired) electrons. The Morgan fingerprint density at radius 3 is 2.17 bits per heavy atom. The molecular formula is C15H33N3. The lowest BCUT2D eigenvalue weighted by molar-refractivity contribution is 0.233. The lowest BCUT2D eigenvalue weighted by Crippen LogP contribution is -2.31. The van der Waals surface area contributed by atoms with E-state index in [0.29, 0.717) is 0 Å². The summed E-state index contributed by atoms with van der Waals surface area (Å²) in [6.45, 7) is 16.7. The third kappa shape index (κ3) is 6.17. The summed E-state index contributed by atoms with van der Waals surface area (Å²) in [5, 5.41) is 3.46. The highest BCUT2D eigenvalue weighted by Crippen LogP contribution is 2.12. The molecule has 108 valence electrons. The van der Waals surface area contributed by atoms with Crippen molar-refractivity contribution >= 4 is 0 Å². The van der Waals surface area contributed by atoms with Crippen LogP contribution in [0.1, 0.15) is 40.0 Å². The van der Waals surface area contributed by atoms with Gasteiger partial charge in [-0.3, -0.25) is 0 Å². The topological polar surface area (TPSA) is 18.5 Å². The molecule has 0 saturated carbocycles. The molecule has 1 rings (SSSR count). The average molecular weight is 255 g/mol. The maximum atomic E-state index is 3.46. The molecule has 1 aliphatic rings. The fraction of sp³-hybridized carbons (Fsp3) is 1.00. The molecule has 1 aliphatic heterocycles. The first-order valence-corrected chi connectivity index (χ1v) is 7.95. The van der Waals surface area contributed by atoms with Crippen molar-refractivity contribution in [3.8, 4) is 0 Å². The number of hydrogen-bond acceptors (Lipinski definition) is 3. The quantitative estimate of drug-likeness (QED) is 0.644. The van der Waals surface area contributed by atoms with Gasteiger partial charge in [0.1, 0.15) is 0 Å². The van der Waals surface area contributed by atoms with Crippen molar-refractivity contribution in [2.24, 2.45) is 5.92 Å². The zero-order valence-electron chi connectivity index (χ0n) is 12.7. The molecule has 1 fully saturated rings. The van der Waals surface area contributed by atoms with Crippen LogP contribution in [0.2, 0.25) is 0 Å². The fourth-order valence-electron chi connectivity index (χ4n) is 2.81. The minimum atomic E-state index is 0.932. The van der Waals surface area contributed by atoms with Gasteiger partial charge in [0.2, 0.25) is 0 Å². The van der Waals surface area contributed by atoms with Crippen molar-refractivity contribution < 1.29 is 0 Å². The summed E-state index contributed by atoms with van der Waals surface area (Å²) in [5.41, 5.74) is 0. The predicted molar refractivity (Wildman–Crippen MR) is 80.1 cm³/mol. The Balaban J connectivity index is 2.08. The molecule has 3 nitrogen and oxygen atoms in total. The second-order valence-electron chi connectivity index (χ2n) is 5.46. The van der Waals surface area contributed by atoms with E-state index in [1.807, 2.05) is 0 Å². The summed E-state index contributed by atoms with van der Waals surface area (Å²) in [6.07, 6.45) is 4.08. The number of rotatable bonds is 10. The molecule has 1 atom stereocenters. The van der Waals surface area contributed by atoms with E-state index in [1.54, 1.807) is 0 Å². The van der Waals surface area contributed by atoms with E-state index < -0.39 is 0 Å². The van der Waals surface area contributed by atoms with E-state index in [-0.39, 0.29) is 0 Å². The van der Waals surface area contributed by atoms with Crippen LogP contribution in [0.15, 0.2) is 0 Å². The van der Waals surface area contributed by atoms with Gasteiger partial charge in [-0.2, -0.15) is 0 Å². The molecule has 0 amide bonds. The highest BCUT2D eigenvalue weighted by Gasteiger charge is 2.15. The Morgan fingerprint density at radius 1 is 0.944 bits per heavy atom. The Labute approximate surface area is 114 Å². The van der Waals surface area contributed by atoms with Gasteiger partial charge in [-0.25, -0.2) is 0 Å². The minimum absolute atomic E-state index is 0.932. The molecule has 1 saturated heterocycles. The van der Waals surface area contributed by atoms with E-state index in [0.717, 1.165) is 5.92 Å². The Hall–Kier alpha value is -0.120. The zero-order valence-corrected chi connectivity index (χ0v) is 12.7. The van der Waals surface area contributed by atoms with E-state index in [9.17, 15) is 0 Å². The molecule has 0 spiro atoms. The number of nitrogens with one attached hydrogen (secondary N) is 1. The Morgan fingerprint density at radius 2 is 1.61 bits per heavy atom. The lowest BCUT2D eigenvalue weighted by Gasteiger charge is -2.24. The summed E-state index contributed by atoms with van der Waals surface area (Å²) >= 11 is 0. The Kier molecular flexibility index (Phi) is 8.64. The molecule has 0 aromatic carbocycles. The van der Waals surface area contributed by atoms with E-state index in [2.05, 4.69) is 35.9 Å². The average Bonchev–Trinajstić information content (AvgIpc) is 2.91. The first kappa shape index (κ1) is 15.9. The van der Waals surface area contributed by atoms with Crippen LogP contribution in [0.25, 0.3) is 0 Å². The lowest BCUT2D eigenvalue weighted by atomic mass is 10.0. The summed E-state index contributed by atoms with van der Waals surface area (Å²) < 4.78 is 0. The number of hydrogen-bond donors (Lipinski definition) is 1. The van der Waals surface area contributed by atoms with Crippen molar-refractivity contribution in [1.82, 2.24) is 15.1 Å². The predicted octanol–water partition coefficient (Wildman–Crippen LogP) is 2.04. The van der Waals surface area contributed by atoms with E-state index >= 15 is 0 Å². The molecule has 1 unspecified atom stereocenters. The SMILES string of the molecule is CCN(CC)CCCN(CC)CCC1CCNC1. The van der Waals surface area contributed by atoms with Gasteiger partial charge in [0.25, 0.3) is 0 Å². The highest BCUT2D eigenvalue weighted by molar-refractivity contribution is 4.72. The van der Waals surface area contributed by atoms with Gasteiger partial charge in [0.05, 0.1) is 0 Å². The van der Waals surface area contributed by atoms with Crippen LogP contribution in [0.5, 0.6) is 0 Å². The molecule has 1 N–H and O–H groups in total. The molecule has 0 aliphatic carbocycles. The van der Waals surface area contributed by atoms with Gasteiger partial charge >= 0.3 is 0 Å². The van der Waals surface area contributed by atoms with Gasteiger partial charge in [0, 0.05) is 0 Å². The van der Waals surface area contributed by atoms with E-state index in [4.69, 9.17) is 0 Å². The normalized spacial score (nSPS) is 20.2. The summed E-state index contributed by atoms with van der Waals surface area (Å²) in [6, 6.07) is 0.